The highest BCUT2D eigenvalue weighted by Gasteiger charge is 2.17. The Bertz CT molecular complexity index is 875. The molecule has 2 aromatic carbocycles. The van der Waals surface area contributed by atoms with E-state index in [1.807, 2.05) is 37.3 Å². The average molecular weight is 353 g/mol. The first-order valence-corrected chi connectivity index (χ1v) is 8.63. The van der Waals surface area contributed by atoms with Gasteiger partial charge in [-0.3, -0.25) is 9.69 Å². The average Bonchev–Trinajstić information content (AvgIpc) is 3.12. The molecule has 0 radical (unpaired) electrons. The van der Waals surface area contributed by atoms with Crippen molar-refractivity contribution in [2.24, 2.45) is 0 Å². The molecule has 0 fully saturated rings. The van der Waals surface area contributed by atoms with Crippen LogP contribution in [0.15, 0.2) is 60.7 Å². The molecular formula is C19H16FN3OS. The van der Waals surface area contributed by atoms with E-state index in [1.54, 1.807) is 23.1 Å². The van der Waals surface area contributed by atoms with E-state index in [0.29, 0.717) is 16.7 Å². The highest BCUT2D eigenvalue weighted by atomic mass is 32.1. The highest BCUT2D eigenvalue weighted by Crippen LogP contribution is 2.28. The minimum atomic E-state index is -0.301. The predicted octanol–water partition coefficient (Wildman–Crippen LogP) is 4.41. The van der Waals surface area contributed by atoms with E-state index in [-0.39, 0.29) is 11.7 Å². The number of hydrogen-bond donors (Lipinski definition) is 0. The first kappa shape index (κ1) is 17.0. The highest BCUT2D eigenvalue weighted by molar-refractivity contribution is 7.18. The molecule has 0 aliphatic carbocycles. The Hall–Kier alpha value is -2.86. The quantitative estimate of drug-likeness (QED) is 0.638. The third-order valence-electron chi connectivity index (χ3n) is 3.54. The van der Waals surface area contributed by atoms with Crippen molar-refractivity contribution in [1.82, 2.24) is 10.2 Å². The maximum absolute atomic E-state index is 13.0. The summed E-state index contributed by atoms with van der Waals surface area (Å²) in [7, 11) is 0. The summed E-state index contributed by atoms with van der Waals surface area (Å²) in [4.78, 5) is 14.0. The molecule has 126 valence electrons. The van der Waals surface area contributed by atoms with E-state index in [4.69, 9.17) is 0 Å². The summed E-state index contributed by atoms with van der Waals surface area (Å²) in [5.41, 5.74) is 1.73. The number of likely N-dealkylation sites (N-methyl/N-ethyl adjacent to an activating group) is 1. The molecule has 0 saturated heterocycles. The minimum absolute atomic E-state index is 0.159. The number of rotatable bonds is 5. The van der Waals surface area contributed by atoms with E-state index in [9.17, 15) is 9.18 Å². The smallest absolute Gasteiger partial charge is 0.252 e. The predicted molar refractivity (Wildman–Crippen MR) is 98.8 cm³/mol. The maximum atomic E-state index is 13.0. The molecule has 4 nitrogen and oxygen atoms in total. The molecule has 0 aliphatic heterocycles. The van der Waals surface area contributed by atoms with Gasteiger partial charge in [0.25, 0.3) is 5.91 Å². The van der Waals surface area contributed by atoms with Gasteiger partial charge in [0.05, 0.1) is 0 Å². The molecule has 0 unspecified atom stereocenters. The third-order valence-corrected chi connectivity index (χ3v) is 4.53. The van der Waals surface area contributed by atoms with Crippen LogP contribution in [0.4, 0.5) is 9.52 Å². The molecule has 0 N–H and O–H groups in total. The number of nitrogens with zero attached hydrogens (tertiary/aromatic N) is 3. The van der Waals surface area contributed by atoms with Gasteiger partial charge in [0, 0.05) is 18.2 Å². The number of benzene rings is 2. The number of halogens is 1. The van der Waals surface area contributed by atoms with Crippen molar-refractivity contribution in [2.75, 3.05) is 11.4 Å². The van der Waals surface area contributed by atoms with Crippen LogP contribution in [0.3, 0.4) is 0 Å². The van der Waals surface area contributed by atoms with Crippen LogP contribution in [0.25, 0.3) is 16.6 Å². The third kappa shape index (κ3) is 4.16. The van der Waals surface area contributed by atoms with Gasteiger partial charge in [0.2, 0.25) is 5.13 Å². The van der Waals surface area contributed by atoms with E-state index in [0.717, 1.165) is 11.1 Å². The fourth-order valence-corrected chi connectivity index (χ4v) is 3.16. The summed E-state index contributed by atoms with van der Waals surface area (Å²) >= 11 is 1.30. The Morgan fingerprint density at radius 1 is 1.12 bits per heavy atom. The lowest BCUT2D eigenvalue weighted by molar-refractivity contribution is -0.114. The molecule has 3 aromatic rings. The van der Waals surface area contributed by atoms with E-state index in [1.165, 1.54) is 29.5 Å². The summed E-state index contributed by atoms with van der Waals surface area (Å²) in [6.07, 6.45) is 3.30. The van der Waals surface area contributed by atoms with Crippen LogP contribution in [-0.4, -0.2) is 22.6 Å². The summed E-state index contributed by atoms with van der Waals surface area (Å²) < 4.78 is 13.0. The largest absolute Gasteiger partial charge is 0.283 e. The van der Waals surface area contributed by atoms with Gasteiger partial charge >= 0.3 is 0 Å². The van der Waals surface area contributed by atoms with E-state index >= 15 is 0 Å². The number of carbonyl (C=O) groups excluding carboxylic acids is 1. The lowest BCUT2D eigenvalue weighted by atomic mass is 10.2. The van der Waals surface area contributed by atoms with Crippen molar-refractivity contribution in [2.45, 2.75) is 6.92 Å². The van der Waals surface area contributed by atoms with Gasteiger partial charge in [-0.1, -0.05) is 41.7 Å². The van der Waals surface area contributed by atoms with Gasteiger partial charge in [-0.25, -0.2) is 4.39 Å². The zero-order chi connectivity index (χ0) is 17.6. The van der Waals surface area contributed by atoms with Crippen LogP contribution in [0, 0.1) is 5.82 Å². The van der Waals surface area contributed by atoms with Crippen molar-refractivity contribution < 1.29 is 9.18 Å². The minimum Gasteiger partial charge on any atom is -0.283 e. The number of carbonyl (C=O) groups is 1. The van der Waals surface area contributed by atoms with Crippen molar-refractivity contribution in [3.05, 3.63) is 72.1 Å². The molecule has 6 heteroatoms. The normalized spacial score (nSPS) is 11.0. The molecule has 0 atom stereocenters. The SMILES string of the molecule is CCN(C(=O)/C=C/c1ccccc1)c1nnc(-c2ccc(F)cc2)s1. The van der Waals surface area contributed by atoms with Crippen LogP contribution < -0.4 is 4.90 Å². The van der Waals surface area contributed by atoms with Gasteiger partial charge in [-0.05, 0) is 42.8 Å². The maximum Gasteiger partial charge on any atom is 0.252 e. The fourth-order valence-electron chi connectivity index (χ4n) is 2.24. The molecular weight excluding hydrogens is 337 g/mol. The lowest BCUT2D eigenvalue weighted by Gasteiger charge is -2.14. The zero-order valence-corrected chi connectivity index (χ0v) is 14.4. The number of amides is 1. The fraction of sp³-hybridized carbons (Fsp3) is 0.105. The summed E-state index contributed by atoms with van der Waals surface area (Å²) in [6, 6.07) is 15.7. The molecule has 0 bridgehead atoms. The molecule has 0 spiro atoms. The lowest BCUT2D eigenvalue weighted by Crippen LogP contribution is -2.28. The number of anilines is 1. The first-order chi connectivity index (χ1) is 12.2. The van der Waals surface area contributed by atoms with Crippen LogP contribution >= 0.6 is 11.3 Å². The second-order valence-corrected chi connectivity index (χ2v) is 6.18. The van der Waals surface area contributed by atoms with Gasteiger partial charge in [0.1, 0.15) is 10.8 Å². The zero-order valence-electron chi connectivity index (χ0n) is 13.6. The van der Waals surface area contributed by atoms with Gasteiger partial charge in [-0.15, -0.1) is 10.2 Å². The standard InChI is InChI=1S/C19H16FN3OS/c1-2-23(17(24)13-8-14-6-4-3-5-7-14)19-22-21-18(25-19)15-9-11-16(20)12-10-15/h3-13H,2H2,1H3/b13-8+. The van der Waals surface area contributed by atoms with Crippen LogP contribution in [0.1, 0.15) is 12.5 Å². The Balaban J connectivity index is 1.78. The molecule has 1 amide bonds. The van der Waals surface area contributed by atoms with Crippen molar-refractivity contribution >= 4 is 28.5 Å². The Morgan fingerprint density at radius 3 is 2.52 bits per heavy atom. The second-order valence-electron chi connectivity index (χ2n) is 5.22. The van der Waals surface area contributed by atoms with Crippen LogP contribution in [0.2, 0.25) is 0 Å². The van der Waals surface area contributed by atoms with Crippen LogP contribution in [-0.2, 0) is 4.79 Å². The molecule has 1 heterocycles. The Labute approximate surface area is 149 Å². The summed E-state index contributed by atoms with van der Waals surface area (Å²) in [5, 5.41) is 9.39. The Morgan fingerprint density at radius 2 is 1.84 bits per heavy atom. The summed E-state index contributed by atoms with van der Waals surface area (Å²) in [6.45, 7) is 2.36. The first-order valence-electron chi connectivity index (χ1n) is 7.81. The van der Waals surface area contributed by atoms with Crippen LogP contribution in [0.5, 0.6) is 0 Å². The summed E-state index contributed by atoms with van der Waals surface area (Å²) in [5.74, 6) is -0.460. The monoisotopic (exact) mass is 353 g/mol. The topological polar surface area (TPSA) is 46.1 Å². The number of aromatic nitrogens is 2. The van der Waals surface area contributed by atoms with Crippen molar-refractivity contribution in [3.8, 4) is 10.6 Å². The van der Waals surface area contributed by atoms with Gasteiger partial charge < -0.3 is 0 Å². The molecule has 1 aromatic heterocycles. The van der Waals surface area contributed by atoms with E-state index < -0.39 is 0 Å². The second kappa shape index (κ2) is 7.81. The van der Waals surface area contributed by atoms with Gasteiger partial charge in [-0.2, -0.15) is 0 Å². The van der Waals surface area contributed by atoms with Gasteiger partial charge in [0.15, 0.2) is 0 Å². The van der Waals surface area contributed by atoms with E-state index in [2.05, 4.69) is 10.2 Å². The van der Waals surface area contributed by atoms with Crippen molar-refractivity contribution in [3.63, 3.8) is 0 Å². The van der Waals surface area contributed by atoms with Crippen molar-refractivity contribution in [1.29, 1.82) is 0 Å². The molecule has 3 rings (SSSR count). The molecule has 0 aliphatic rings. The number of hydrogen-bond acceptors (Lipinski definition) is 4. The molecule has 25 heavy (non-hydrogen) atoms. The Kier molecular flexibility index (Phi) is 5.30. The molecule has 0 saturated carbocycles.